The molecule has 0 aromatic rings. The van der Waals surface area contributed by atoms with E-state index in [0.29, 0.717) is 6.04 Å². The topological polar surface area (TPSA) is 27.7 Å². The van der Waals surface area contributed by atoms with E-state index < -0.39 is 0 Å². The van der Waals surface area contributed by atoms with E-state index in [-0.39, 0.29) is 0 Å². The van der Waals surface area contributed by atoms with Crippen molar-refractivity contribution >= 4 is 17.3 Å². The van der Waals surface area contributed by atoms with Crippen LogP contribution >= 0.6 is 12.2 Å². The van der Waals surface area contributed by atoms with Crippen LogP contribution in [0.5, 0.6) is 0 Å². The van der Waals surface area contributed by atoms with Gasteiger partial charge in [-0.3, -0.25) is 4.90 Å². The number of hydrogen-bond acceptors (Lipinski definition) is 3. The zero-order valence-corrected chi connectivity index (χ0v) is 18.4. The molecule has 1 saturated heterocycles. The smallest absolute Gasteiger partial charge is 0.169 e. The average molecular weight is 396 g/mol. The minimum atomic E-state index is 0.515. The second kappa shape index (κ2) is 13.5. The van der Waals surface area contributed by atoms with Gasteiger partial charge in [0, 0.05) is 38.8 Å². The minimum absolute atomic E-state index is 0.515. The zero-order chi connectivity index (χ0) is 19.3. The first-order valence-electron chi connectivity index (χ1n) is 11.2. The van der Waals surface area contributed by atoms with Gasteiger partial charge >= 0.3 is 0 Å². The SMILES string of the molecule is CCCCCC(CC)NC(=S)N(CCN1CCOCC1)CC1CC=CCC1. The Kier molecular flexibility index (Phi) is 11.3. The Labute approximate surface area is 172 Å². The minimum Gasteiger partial charge on any atom is -0.379 e. The first-order valence-corrected chi connectivity index (χ1v) is 11.6. The van der Waals surface area contributed by atoms with Crippen LogP contribution in [0.1, 0.15) is 65.2 Å². The van der Waals surface area contributed by atoms with E-state index in [1.54, 1.807) is 0 Å². The highest BCUT2D eigenvalue weighted by molar-refractivity contribution is 7.80. The Hall–Kier alpha value is -0.650. The van der Waals surface area contributed by atoms with Crippen molar-refractivity contribution in [2.24, 2.45) is 5.92 Å². The number of rotatable bonds is 11. The molecule has 0 aromatic carbocycles. The Balaban J connectivity index is 1.87. The predicted octanol–water partition coefficient (Wildman–Crippen LogP) is 4.21. The summed E-state index contributed by atoms with van der Waals surface area (Å²) < 4.78 is 5.49. The normalized spacial score (nSPS) is 21.8. The number of morpholine rings is 1. The van der Waals surface area contributed by atoms with Crippen LogP contribution < -0.4 is 5.32 Å². The van der Waals surface area contributed by atoms with E-state index in [2.05, 4.69) is 41.1 Å². The van der Waals surface area contributed by atoms with Gasteiger partial charge in [0.1, 0.15) is 0 Å². The summed E-state index contributed by atoms with van der Waals surface area (Å²) in [6.45, 7) is 11.6. The summed E-state index contributed by atoms with van der Waals surface area (Å²) in [5, 5.41) is 4.67. The number of allylic oxidation sites excluding steroid dienone is 2. The first-order chi connectivity index (χ1) is 13.2. The molecule has 27 heavy (non-hydrogen) atoms. The summed E-state index contributed by atoms with van der Waals surface area (Å²) in [6.07, 6.45) is 14.7. The van der Waals surface area contributed by atoms with Gasteiger partial charge in [-0.1, -0.05) is 45.3 Å². The maximum absolute atomic E-state index is 5.89. The number of ether oxygens (including phenoxy) is 1. The second-order valence-corrected chi connectivity index (χ2v) is 8.49. The van der Waals surface area contributed by atoms with E-state index >= 15 is 0 Å². The standard InChI is InChI=1S/C22H41N3OS/c1-3-5-7-12-21(4-2)23-22(27)25(19-20-10-8-6-9-11-20)14-13-24-15-17-26-18-16-24/h6,8,20-21H,3-5,7,9-19H2,1-2H3,(H,23,27). The molecule has 1 fully saturated rings. The quantitative estimate of drug-likeness (QED) is 0.321. The van der Waals surface area contributed by atoms with E-state index in [1.807, 2.05) is 0 Å². The fourth-order valence-electron chi connectivity index (χ4n) is 3.98. The number of nitrogens with zero attached hydrogens (tertiary/aromatic N) is 2. The van der Waals surface area contributed by atoms with Crippen LogP contribution in [0.15, 0.2) is 12.2 Å². The van der Waals surface area contributed by atoms with Gasteiger partial charge in [0.2, 0.25) is 0 Å². The summed E-state index contributed by atoms with van der Waals surface area (Å²) in [6, 6.07) is 0.515. The number of thiocarbonyl (C=S) groups is 1. The fraction of sp³-hybridized carbons (Fsp3) is 0.864. The number of hydrogen-bond donors (Lipinski definition) is 1. The Morgan fingerprint density at radius 3 is 2.74 bits per heavy atom. The van der Waals surface area contributed by atoms with Crippen LogP contribution in [0, 0.1) is 5.92 Å². The lowest BCUT2D eigenvalue weighted by molar-refractivity contribution is 0.0354. The molecule has 2 aliphatic rings. The first kappa shape index (κ1) is 22.6. The van der Waals surface area contributed by atoms with Gasteiger partial charge in [-0.2, -0.15) is 0 Å². The molecule has 4 nitrogen and oxygen atoms in total. The lowest BCUT2D eigenvalue weighted by atomic mass is 9.94. The highest BCUT2D eigenvalue weighted by atomic mass is 32.1. The van der Waals surface area contributed by atoms with Crippen molar-refractivity contribution in [2.45, 2.75) is 71.3 Å². The summed E-state index contributed by atoms with van der Waals surface area (Å²) in [7, 11) is 0. The molecule has 5 heteroatoms. The van der Waals surface area contributed by atoms with Crippen molar-refractivity contribution in [1.29, 1.82) is 0 Å². The van der Waals surface area contributed by atoms with E-state index in [0.717, 1.165) is 63.4 Å². The Bertz CT molecular complexity index is 437. The highest BCUT2D eigenvalue weighted by Gasteiger charge is 2.20. The largest absolute Gasteiger partial charge is 0.379 e. The Morgan fingerprint density at radius 2 is 2.07 bits per heavy atom. The zero-order valence-electron chi connectivity index (χ0n) is 17.6. The molecular formula is C22H41N3OS. The van der Waals surface area contributed by atoms with Crippen molar-refractivity contribution in [1.82, 2.24) is 15.1 Å². The second-order valence-electron chi connectivity index (χ2n) is 8.10. The van der Waals surface area contributed by atoms with Crippen LogP contribution in [0.4, 0.5) is 0 Å². The maximum atomic E-state index is 5.89. The van der Waals surface area contributed by atoms with Gasteiger partial charge in [-0.25, -0.2) is 0 Å². The highest BCUT2D eigenvalue weighted by Crippen LogP contribution is 2.20. The van der Waals surface area contributed by atoms with Gasteiger partial charge in [0.05, 0.1) is 13.2 Å². The Morgan fingerprint density at radius 1 is 1.26 bits per heavy atom. The molecule has 0 aromatic heterocycles. The van der Waals surface area contributed by atoms with Crippen LogP contribution in [0.2, 0.25) is 0 Å². The van der Waals surface area contributed by atoms with Crippen LogP contribution in [0.25, 0.3) is 0 Å². The number of unbranched alkanes of at least 4 members (excludes halogenated alkanes) is 2. The van der Waals surface area contributed by atoms with Gasteiger partial charge in [-0.05, 0) is 50.2 Å². The van der Waals surface area contributed by atoms with Crippen molar-refractivity contribution in [3.8, 4) is 0 Å². The molecule has 2 rings (SSSR count). The van der Waals surface area contributed by atoms with Crippen molar-refractivity contribution in [3.05, 3.63) is 12.2 Å². The van der Waals surface area contributed by atoms with E-state index in [9.17, 15) is 0 Å². The summed E-state index contributed by atoms with van der Waals surface area (Å²) in [5.74, 6) is 0.736. The van der Waals surface area contributed by atoms with Gasteiger partial charge in [-0.15, -0.1) is 0 Å². The lowest BCUT2D eigenvalue weighted by Crippen LogP contribution is -2.49. The molecular weight excluding hydrogens is 354 g/mol. The van der Waals surface area contributed by atoms with Crippen LogP contribution in [0.3, 0.4) is 0 Å². The fourth-order valence-corrected chi connectivity index (χ4v) is 4.31. The molecule has 156 valence electrons. The molecule has 1 aliphatic carbocycles. The van der Waals surface area contributed by atoms with Crippen molar-refractivity contribution < 1.29 is 4.74 Å². The predicted molar refractivity (Wildman–Crippen MR) is 119 cm³/mol. The molecule has 0 saturated carbocycles. The van der Waals surface area contributed by atoms with Crippen molar-refractivity contribution in [2.75, 3.05) is 45.9 Å². The molecule has 1 aliphatic heterocycles. The number of nitrogens with one attached hydrogen (secondary N) is 1. The van der Waals surface area contributed by atoms with Crippen LogP contribution in [-0.4, -0.2) is 66.9 Å². The van der Waals surface area contributed by atoms with Gasteiger partial charge < -0.3 is 15.0 Å². The molecule has 0 bridgehead atoms. The molecule has 2 atom stereocenters. The third kappa shape index (κ3) is 8.93. The molecule has 2 unspecified atom stereocenters. The van der Waals surface area contributed by atoms with Gasteiger partial charge in [0.25, 0.3) is 0 Å². The maximum Gasteiger partial charge on any atom is 0.169 e. The molecule has 0 spiro atoms. The van der Waals surface area contributed by atoms with E-state index in [1.165, 1.54) is 44.9 Å². The summed E-state index contributed by atoms with van der Waals surface area (Å²) in [4.78, 5) is 4.97. The monoisotopic (exact) mass is 395 g/mol. The van der Waals surface area contributed by atoms with E-state index in [4.69, 9.17) is 17.0 Å². The molecule has 1 N–H and O–H groups in total. The third-order valence-corrected chi connectivity index (χ3v) is 6.29. The lowest BCUT2D eigenvalue weighted by Gasteiger charge is -2.35. The third-order valence-electron chi connectivity index (χ3n) is 5.91. The summed E-state index contributed by atoms with van der Waals surface area (Å²) >= 11 is 5.89. The van der Waals surface area contributed by atoms with Crippen molar-refractivity contribution in [3.63, 3.8) is 0 Å². The van der Waals surface area contributed by atoms with Gasteiger partial charge in [0.15, 0.2) is 5.11 Å². The van der Waals surface area contributed by atoms with Crippen LogP contribution in [-0.2, 0) is 4.74 Å². The molecule has 1 heterocycles. The summed E-state index contributed by atoms with van der Waals surface area (Å²) in [5.41, 5.74) is 0. The molecule has 0 radical (unpaired) electrons. The average Bonchev–Trinajstić information content (AvgIpc) is 2.71. The molecule has 0 amide bonds.